The summed E-state index contributed by atoms with van der Waals surface area (Å²) in [7, 11) is 1.99. The Morgan fingerprint density at radius 2 is 2.11 bits per heavy atom. The van der Waals surface area contributed by atoms with Crippen LogP contribution in [0.2, 0.25) is 0 Å². The largest absolute Gasteiger partial charge is 0.345 e. The van der Waals surface area contributed by atoms with Crippen molar-refractivity contribution in [2.24, 2.45) is 0 Å². The lowest BCUT2D eigenvalue weighted by molar-refractivity contribution is 0.585. The van der Waals surface area contributed by atoms with Crippen molar-refractivity contribution in [3.05, 3.63) is 41.3 Å². The molecule has 2 rings (SSSR count). The monoisotopic (exact) mass is 257 g/mol. The van der Waals surface area contributed by atoms with Crippen LogP contribution in [0.1, 0.15) is 36.3 Å². The van der Waals surface area contributed by atoms with Crippen LogP contribution in [0.3, 0.4) is 0 Å². The van der Waals surface area contributed by atoms with Gasteiger partial charge in [-0.05, 0) is 33.4 Å². The maximum atomic E-state index is 4.82. The second-order valence-corrected chi connectivity index (χ2v) is 5.13. The van der Waals surface area contributed by atoms with E-state index in [1.165, 1.54) is 11.1 Å². The van der Waals surface area contributed by atoms with Crippen LogP contribution in [0.25, 0.3) is 11.3 Å². The minimum Gasteiger partial charge on any atom is -0.345 e. The number of H-pyrrole nitrogens is 1. The average molecular weight is 257 g/mol. The summed E-state index contributed by atoms with van der Waals surface area (Å²) in [4.78, 5) is 8.26. The van der Waals surface area contributed by atoms with E-state index in [-0.39, 0.29) is 0 Å². The number of nitrogens with zero attached hydrogens (tertiary/aromatic N) is 1. The molecule has 3 nitrogen and oxygen atoms in total. The number of hydrogen-bond acceptors (Lipinski definition) is 2. The van der Waals surface area contributed by atoms with Gasteiger partial charge < -0.3 is 10.3 Å². The molecule has 0 spiro atoms. The summed E-state index contributed by atoms with van der Waals surface area (Å²) in [5.74, 6) is 1.54. The third-order valence-corrected chi connectivity index (χ3v) is 3.52. The van der Waals surface area contributed by atoms with Crippen molar-refractivity contribution in [1.29, 1.82) is 0 Å². The van der Waals surface area contributed by atoms with E-state index in [9.17, 15) is 0 Å². The summed E-state index contributed by atoms with van der Waals surface area (Å²) < 4.78 is 0. The van der Waals surface area contributed by atoms with Gasteiger partial charge >= 0.3 is 0 Å². The Balaban J connectivity index is 2.35. The Kier molecular flexibility index (Phi) is 4.38. The molecular weight excluding hydrogens is 234 g/mol. The number of aromatic amines is 1. The zero-order valence-electron chi connectivity index (χ0n) is 12.2. The first-order valence-corrected chi connectivity index (χ1v) is 6.93. The van der Waals surface area contributed by atoms with E-state index in [0.717, 1.165) is 30.2 Å². The number of aryl methyl sites for hydroxylation is 2. The first-order chi connectivity index (χ1) is 9.15. The van der Waals surface area contributed by atoms with E-state index >= 15 is 0 Å². The number of benzene rings is 1. The van der Waals surface area contributed by atoms with Gasteiger partial charge in [-0.3, -0.25) is 0 Å². The number of nitrogens with one attached hydrogen (secondary N) is 2. The van der Waals surface area contributed by atoms with Crippen LogP contribution in [-0.2, 0) is 0 Å². The molecule has 3 heteroatoms. The lowest BCUT2D eigenvalue weighted by Gasteiger charge is -2.10. The molecule has 2 aromatic rings. The van der Waals surface area contributed by atoms with Gasteiger partial charge in [0.05, 0.1) is 5.69 Å². The number of rotatable bonds is 5. The highest BCUT2D eigenvalue weighted by Crippen LogP contribution is 2.25. The summed E-state index contributed by atoms with van der Waals surface area (Å²) >= 11 is 0. The van der Waals surface area contributed by atoms with Crippen LogP contribution in [0.5, 0.6) is 0 Å². The van der Waals surface area contributed by atoms with Crippen molar-refractivity contribution in [3.8, 4) is 11.3 Å². The molecule has 0 radical (unpaired) electrons. The summed E-state index contributed by atoms with van der Waals surface area (Å²) in [6, 6.07) is 8.51. The van der Waals surface area contributed by atoms with Gasteiger partial charge in [-0.2, -0.15) is 0 Å². The fraction of sp³-hybridized carbons (Fsp3) is 0.438. The summed E-state index contributed by atoms with van der Waals surface area (Å²) in [6.45, 7) is 7.37. The Bertz CT molecular complexity index is 543. The maximum Gasteiger partial charge on any atom is 0.111 e. The van der Waals surface area contributed by atoms with Gasteiger partial charge in [0.2, 0.25) is 0 Å². The van der Waals surface area contributed by atoms with Crippen molar-refractivity contribution in [2.75, 3.05) is 13.6 Å². The van der Waals surface area contributed by atoms with E-state index in [2.05, 4.69) is 55.3 Å². The molecule has 19 heavy (non-hydrogen) atoms. The van der Waals surface area contributed by atoms with Crippen LogP contribution in [0, 0.1) is 13.8 Å². The lowest BCUT2D eigenvalue weighted by atomic mass is 10.1. The minimum atomic E-state index is 0.447. The molecule has 1 unspecified atom stereocenters. The SMILES string of the molecule is CCC(CNC)c1nc(-c2cccc(C)c2)c(C)[nH]1. The Hall–Kier alpha value is -1.61. The maximum absolute atomic E-state index is 4.82. The highest BCUT2D eigenvalue weighted by molar-refractivity contribution is 5.62. The molecule has 2 N–H and O–H groups in total. The predicted octanol–water partition coefficient (Wildman–Crippen LogP) is 3.41. The van der Waals surface area contributed by atoms with Crippen molar-refractivity contribution in [2.45, 2.75) is 33.1 Å². The summed E-state index contributed by atoms with van der Waals surface area (Å²) in [5, 5.41) is 3.23. The third-order valence-electron chi connectivity index (χ3n) is 3.52. The third kappa shape index (κ3) is 3.04. The molecule has 0 fully saturated rings. The smallest absolute Gasteiger partial charge is 0.111 e. The molecule has 1 aromatic heterocycles. The van der Waals surface area contributed by atoms with E-state index in [0.29, 0.717) is 5.92 Å². The number of imidazole rings is 1. The van der Waals surface area contributed by atoms with E-state index in [1.54, 1.807) is 0 Å². The van der Waals surface area contributed by atoms with Gasteiger partial charge in [0.15, 0.2) is 0 Å². The lowest BCUT2D eigenvalue weighted by Crippen LogP contribution is -2.17. The second-order valence-electron chi connectivity index (χ2n) is 5.13. The molecule has 0 aliphatic rings. The molecule has 0 saturated heterocycles. The van der Waals surface area contributed by atoms with Crippen LogP contribution in [0.4, 0.5) is 0 Å². The van der Waals surface area contributed by atoms with Crippen LogP contribution in [0.15, 0.2) is 24.3 Å². The van der Waals surface area contributed by atoms with Crippen LogP contribution in [-0.4, -0.2) is 23.6 Å². The average Bonchev–Trinajstić information content (AvgIpc) is 2.78. The molecule has 1 heterocycles. The molecule has 0 bridgehead atoms. The second kappa shape index (κ2) is 6.02. The van der Waals surface area contributed by atoms with Gasteiger partial charge in [-0.1, -0.05) is 30.7 Å². The molecule has 102 valence electrons. The first kappa shape index (κ1) is 13.8. The van der Waals surface area contributed by atoms with Gasteiger partial charge in [-0.25, -0.2) is 4.98 Å². The summed E-state index contributed by atoms with van der Waals surface area (Å²) in [5.41, 5.74) is 4.69. The highest BCUT2D eigenvalue weighted by Gasteiger charge is 2.15. The van der Waals surface area contributed by atoms with E-state index in [4.69, 9.17) is 4.98 Å². The zero-order valence-corrected chi connectivity index (χ0v) is 12.2. The summed E-state index contributed by atoms with van der Waals surface area (Å²) in [6.07, 6.45) is 1.08. The van der Waals surface area contributed by atoms with E-state index in [1.807, 2.05) is 7.05 Å². The van der Waals surface area contributed by atoms with Crippen molar-refractivity contribution >= 4 is 0 Å². The predicted molar refractivity (Wildman–Crippen MR) is 80.5 cm³/mol. The van der Waals surface area contributed by atoms with Crippen molar-refractivity contribution in [3.63, 3.8) is 0 Å². The first-order valence-electron chi connectivity index (χ1n) is 6.93. The molecule has 0 amide bonds. The fourth-order valence-corrected chi connectivity index (χ4v) is 2.43. The molecular formula is C16H23N3. The van der Waals surface area contributed by atoms with Crippen LogP contribution < -0.4 is 5.32 Å². The molecule has 0 aliphatic carbocycles. The zero-order chi connectivity index (χ0) is 13.8. The van der Waals surface area contributed by atoms with Gasteiger partial charge in [0.1, 0.15) is 5.82 Å². The van der Waals surface area contributed by atoms with Crippen molar-refractivity contribution < 1.29 is 0 Å². The van der Waals surface area contributed by atoms with Crippen molar-refractivity contribution in [1.82, 2.24) is 15.3 Å². The molecule has 1 atom stereocenters. The van der Waals surface area contributed by atoms with Gasteiger partial charge in [-0.15, -0.1) is 0 Å². The normalized spacial score (nSPS) is 12.6. The molecule has 0 aliphatic heterocycles. The number of aromatic nitrogens is 2. The molecule has 0 saturated carbocycles. The van der Waals surface area contributed by atoms with E-state index < -0.39 is 0 Å². The quantitative estimate of drug-likeness (QED) is 0.862. The topological polar surface area (TPSA) is 40.7 Å². The minimum absolute atomic E-state index is 0.447. The highest BCUT2D eigenvalue weighted by atomic mass is 15.0. The molecule has 1 aromatic carbocycles. The Morgan fingerprint density at radius 3 is 2.74 bits per heavy atom. The Morgan fingerprint density at radius 1 is 1.32 bits per heavy atom. The fourth-order valence-electron chi connectivity index (χ4n) is 2.43. The Labute approximate surface area is 115 Å². The standard InChI is InChI=1S/C16H23N3/c1-5-13(10-17-4)16-18-12(3)15(19-16)14-8-6-7-11(2)9-14/h6-9,13,17H,5,10H2,1-4H3,(H,18,19). The number of likely N-dealkylation sites (N-methyl/N-ethyl adjacent to an activating group) is 1. The van der Waals surface area contributed by atoms with Crippen LogP contribution >= 0.6 is 0 Å². The number of hydrogen-bond donors (Lipinski definition) is 2. The van der Waals surface area contributed by atoms with Gasteiger partial charge in [0, 0.05) is 23.7 Å². The van der Waals surface area contributed by atoms with Gasteiger partial charge in [0.25, 0.3) is 0 Å².